The predicted molar refractivity (Wildman–Crippen MR) is 134 cm³/mol. The zero-order valence-corrected chi connectivity index (χ0v) is 19.2. The molecule has 1 amide bonds. The topological polar surface area (TPSA) is 84.9 Å². The SMILES string of the molecule is COc1ccc2ccccc2c1C[C@H](NC(=O)OCC1c2ccccc2-c2ccccc21)C(=O)O. The number of hydrogen-bond donors (Lipinski definition) is 2. The second kappa shape index (κ2) is 9.50. The molecule has 1 atom stereocenters. The zero-order chi connectivity index (χ0) is 24.4. The molecular weight excluding hydrogens is 442 g/mol. The van der Waals surface area contributed by atoms with Crippen LogP contribution in [0.15, 0.2) is 84.9 Å². The van der Waals surface area contributed by atoms with Gasteiger partial charge in [-0.1, -0.05) is 78.9 Å². The highest BCUT2D eigenvalue weighted by Crippen LogP contribution is 2.44. The van der Waals surface area contributed by atoms with E-state index in [2.05, 4.69) is 17.4 Å². The number of hydrogen-bond acceptors (Lipinski definition) is 4. The molecule has 0 spiro atoms. The van der Waals surface area contributed by atoms with Gasteiger partial charge in [0.25, 0.3) is 0 Å². The van der Waals surface area contributed by atoms with Gasteiger partial charge in [0, 0.05) is 17.9 Å². The van der Waals surface area contributed by atoms with Crippen molar-refractivity contribution in [2.45, 2.75) is 18.4 Å². The largest absolute Gasteiger partial charge is 0.496 e. The number of carboxylic acid groups (broad SMARTS) is 1. The highest BCUT2D eigenvalue weighted by Gasteiger charge is 2.30. The van der Waals surface area contributed by atoms with E-state index < -0.39 is 18.1 Å². The number of amides is 1. The minimum atomic E-state index is -1.18. The Hall–Kier alpha value is -4.32. The predicted octanol–water partition coefficient (Wildman–Crippen LogP) is 5.38. The van der Waals surface area contributed by atoms with Gasteiger partial charge in [-0.25, -0.2) is 9.59 Å². The fourth-order valence-electron chi connectivity index (χ4n) is 4.90. The molecule has 0 unspecified atom stereocenters. The van der Waals surface area contributed by atoms with Crippen molar-refractivity contribution in [3.05, 3.63) is 102 Å². The lowest BCUT2D eigenvalue weighted by Gasteiger charge is -2.19. The zero-order valence-electron chi connectivity index (χ0n) is 19.2. The summed E-state index contributed by atoms with van der Waals surface area (Å²) >= 11 is 0. The van der Waals surface area contributed by atoms with Gasteiger partial charge >= 0.3 is 12.1 Å². The number of ether oxygens (including phenoxy) is 2. The summed E-state index contributed by atoms with van der Waals surface area (Å²) in [6.45, 7) is 0.115. The molecule has 6 nitrogen and oxygen atoms in total. The van der Waals surface area contributed by atoms with Crippen LogP contribution in [0, 0.1) is 0 Å². The summed E-state index contributed by atoms with van der Waals surface area (Å²) in [6, 6.07) is 26.3. The Bertz CT molecular complexity index is 1370. The van der Waals surface area contributed by atoms with E-state index in [1.807, 2.05) is 72.8 Å². The molecule has 0 saturated heterocycles. The molecule has 4 aromatic carbocycles. The van der Waals surface area contributed by atoms with Crippen molar-refractivity contribution in [2.24, 2.45) is 0 Å². The molecule has 0 aliphatic heterocycles. The Morgan fingerprint density at radius 3 is 2.17 bits per heavy atom. The second-order valence-corrected chi connectivity index (χ2v) is 8.53. The molecule has 6 heteroatoms. The van der Waals surface area contributed by atoms with Gasteiger partial charge in [0.2, 0.25) is 0 Å². The molecule has 1 aliphatic carbocycles. The van der Waals surface area contributed by atoms with Gasteiger partial charge in [-0.05, 0) is 39.1 Å². The van der Waals surface area contributed by atoms with Crippen molar-refractivity contribution < 1.29 is 24.2 Å². The molecule has 1 aliphatic rings. The fourth-order valence-corrected chi connectivity index (χ4v) is 4.90. The standard InChI is InChI=1S/C29H25NO5/c1-34-27-15-14-18-8-2-3-9-19(18)24(27)16-26(28(31)32)30-29(33)35-17-25-22-12-6-4-10-20(22)21-11-5-7-13-23(21)25/h2-15,25-26H,16-17H2,1H3,(H,30,33)(H,31,32)/t26-/m0/s1. The average molecular weight is 468 g/mol. The van der Waals surface area contributed by atoms with Gasteiger partial charge in [0.1, 0.15) is 18.4 Å². The van der Waals surface area contributed by atoms with Crippen molar-refractivity contribution in [2.75, 3.05) is 13.7 Å². The summed E-state index contributed by atoms with van der Waals surface area (Å²) in [5.41, 5.74) is 5.16. The number of rotatable bonds is 7. The van der Waals surface area contributed by atoms with E-state index in [9.17, 15) is 14.7 Å². The lowest BCUT2D eigenvalue weighted by atomic mass is 9.97. The van der Waals surface area contributed by atoms with Crippen molar-refractivity contribution in [1.29, 1.82) is 0 Å². The third kappa shape index (κ3) is 4.30. The van der Waals surface area contributed by atoms with Gasteiger partial charge in [-0.2, -0.15) is 0 Å². The first-order chi connectivity index (χ1) is 17.1. The number of methoxy groups -OCH3 is 1. The van der Waals surface area contributed by atoms with Crippen LogP contribution >= 0.6 is 0 Å². The van der Waals surface area contributed by atoms with Crippen LogP contribution < -0.4 is 10.1 Å². The molecule has 2 N–H and O–H groups in total. The Balaban J connectivity index is 1.33. The van der Waals surface area contributed by atoms with Gasteiger partial charge in [-0.3, -0.25) is 0 Å². The minimum Gasteiger partial charge on any atom is -0.496 e. The van der Waals surface area contributed by atoms with Crippen LogP contribution in [0.4, 0.5) is 4.79 Å². The monoisotopic (exact) mass is 467 g/mol. The number of fused-ring (bicyclic) bond motifs is 4. The summed E-state index contributed by atoms with van der Waals surface area (Å²) in [4.78, 5) is 24.8. The quantitative estimate of drug-likeness (QED) is 0.381. The van der Waals surface area contributed by atoms with Crippen molar-refractivity contribution in [3.8, 4) is 16.9 Å². The van der Waals surface area contributed by atoms with Crippen LogP contribution in [0.1, 0.15) is 22.6 Å². The number of benzene rings is 4. The summed E-state index contributed by atoms with van der Waals surface area (Å²) in [5, 5.41) is 14.2. The van der Waals surface area contributed by atoms with Crippen LogP contribution in [-0.4, -0.2) is 36.9 Å². The lowest BCUT2D eigenvalue weighted by Crippen LogP contribution is -2.43. The maximum atomic E-state index is 12.7. The van der Waals surface area contributed by atoms with Gasteiger partial charge < -0.3 is 19.9 Å². The second-order valence-electron chi connectivity index (χ2n) is 8.53. The van der Waals surface area contributed by atoms with Crippen LogP contribution in [0.5, 0.6) is 5.75 Å². The smallest absolute Gasteiger partial charge is 0.407 e. The maximum Gasteiger partial charge on any atom is 0.407 e. The number of nitrogens with one attached hydrogen (secondary N) is 1. The Morgan fingerprint density at radius 2 is 1.51 bits per heavy atom. The molecule has 0 bridgehead atoms. The van der Waals surface area contributed by atoms with E-state index >= 15 is 0 Å². The molecule has 35 heavy (non-hydrogen) atoms. The number of carboxylic acids is 1. The summed E-state index contributed by atoms with van der Waals surface area (Å²) in [6.07, 6.45) is -0.706. The number of carbonyl (C=O) groups excluding carboxylic acids is 1. The van der Waals surface area contributed by atoms with Crippen LogP contribution in [-0.2, 0) is 16.0 Å². The van der Waals surface area contributed by atoms with Crippen LogP contribution in [0.3, 0.4) is 0 Å². The van der Waals surface area contributed by atoms with E-state index in [0.717, 1.165) is 38.6 Å². The molecule has 0 saturated carbocycles. The average Bonchev–Trinajstić information content (AvgIpc) is 3.20. The summed E-state index contributed by atoms with van der Waals surface area (Å²) in [5.74, 6) is -0.674. The van der Waals surface area contributed by atoms with Crippen molar-refractivity contribution >= 4 is 22.8 Å². The Labute approximate surface area is 203 Å². The van der Waals surface area contributed by atoms with E-state index in [4.69, 9.17) is 9.47 Å². The summed E-state index contributed by atoms with van der Waals surface area (Å²) < 4.78 is 11.0. The number of aliphatic carboxylic acids is 1. The van der Waals surface area contributed by atoms with Crippen molar-refractivity contribution in [3.63, 3.8) is 0 Å². The van der Waals surface area contributed by atoms with Gasteiger partial charge in [-0.15, -0.1) is 0 Å². The molecule has 0 radical (unpaired) electrons. The molecule has 4 aromatic rings. The van der Waals surface area contributed by atoms with Crippen LogP contribution in [0.25, 0.3) is 21.9 Å². The molecule has 0 fully saturated rings. The highest BCUT2D eigenvalue weighted by molar-refractivity contribution is 5.89. The maximum absolute atomic E-state index is 12.7. The lowest BCUT2D eigenvalue weighted by molar-refractivity contribution is -0.139. The molecule has 176 valence electrons. The third-order valence-electron chi connectivity index (χ3n) is 6.56. The van der Waals surface area contributed by atoms with Gasteiger partial charge in [0.05, 0.1) is 7.11 Å². The third-order valence-corrected chi connectivity index (χ3v) is 6.56. The van der Waals surface area contributed by atoms with E-state index in [1.165, 1.54) is 0 Å². The Morgan fingerprint density at radius 1 is 0.886 bits per heavy atom. The number of alkyl carbamates (subject to hydrolysis) is 1. The molecular formula is C29H25NO5. The molecule has 0 heterocycles. The Kier molecular flexibility index (Phi) is 6.10. The van der Waals surface area contributed by atoms with Crippen LogP contribution in [0.2, 0.25) is 0 Å². The summed E-state index contributed by atoms with van der Waals surface area (Å²) in [7, 11) is 1.54. The fraction of sp³-hybridized carbons (Fsp3) is 0.172. The minimum absolute atomic E-state index is 0.0596. The van der Waals surface area contributed by atoms with Gasteiger partial charge in [0.15, 0.2) is 0 Å². The molecule has 5 rings (SSSR count). The van der Waals surface area contributed by atoms with E-state index in [1.54, 1.807) is 7.11 Å². The first-order valence-electron chi connectivity index (χ1n) is 11.5. The first-order valence-corrected chi connectivity index (χ1v) is 11.5. The highest BCUT2D eigenvalue weighted by atomic mass is 16.5. The number of carbonyl (C=O) groups is 2. The molecule has 0 aromatic heterocycles. The van der Waals surface area contributed by atoms with E-state index in [0.29, 0.717) is 5.75 Å². The first kappa shape index (κ1) is 22.5. The van der Waals surface area contributed by atoms with E-state index in [-0.39, 0.29) is 18.9 Å². The van der Waals surface area contributed by atoms with Crippen molar-refractivity contribution in [1.82, 2.24) is 5.32 Å². The normalized spacial score (nSPS) is 13.1.